The predicted molar refractivity (Wildman–Crippen MR) is 56.6 cm³/mol. The number of nitrogens with one attached hydrogen (secondary N) is 1. The Labute approximate surface area is 81.6 Å². The van der Waals surface area contributed by atoms with Crippen LogP contribution < -0.4 is 5.32 Å². The molecule has 1 fully saturated rings. The largest absolute Gasteiger partial charge is 0.310 e. The zero-order valence-electron chi connectivity index (χ0n) is 8.79. The summed E-state index contributed by atoms with van der Waals surface area (Å²) in [5, 5.41) is 3.64. The number of fused-ring (bicyclic) bond motifs is 1. The Hall–Kier alpha value is -0.300. The van der Waals surface area contributed by atoms with Gasteiger partial charge in [-0.05, 0) is 37.1 Å². The predicted octanol–water partition coefficient (Wildman–Crippen LogP) is 2.59. The van der Waals surface area contributed by atoms with Gasteiger partial charge in [0.2, 0.25) is 0 Å². The molecule has 0 saturated carbocycles. The number of hydrogen-bond donors (Lipinski definition) is 1. The van der Waals surface area contributed by atoms with Crippen molar-refractivity contribution in [1.29, 1.82) is 0 Å². The van der Waals surface area contributed by atoms with Crippen molar-refractivity contribution in [2.75, 3.05) is 6.54 Å². The van der Waals surface area contributed by atoms with E-state index >= 15 is 0 Å². The molecule has 13 heavy (non-hydrogen) atoms. The van der Waals surface area contributed by atoms with Crippen LogP contribution in [0.25, 0.3) is 0 Å². The molecule has 0 spiro atoms. The van der Waals surface area contributed by atoms with Crippen LogP contribution in [0.4, 0.5) is 0 Å². The van der Waals surface area contributed by atoms with E-state index in [1.54, 1.807) is 0 Å². The van der Waals surface area contributed by atoms with Crippen LogP contribution >= 0.6 is 0 Å². The summed E-state index contributed by atoms with van der Waals surface area (Å²) in [7, 11) is 0. The average molecular weight is 179 g/mol. The number of hydrogen-bond acceptors (Lipinski definition) is 1. The first-order chi connectivity index (χ1) is 6.33. The van der Waals surface area contributed by atoms with Crippen molar-refractivity contribution in [1.82, 2.24) is 5.32 Å². The zero-order valence-corrected chi connectivity index (χ0v) is 8.79. The van der Waals surface area contributed by atoms with Crippen LogP contribution in [-0.2, 0) is 0 Å². The highest BCUT2D eigenvalue weighted by Gasteiger charge is 2.38. The Morgan fingerprint density at radius 2 is 2.31 bits per heavy atom. The van der Waals surface area contributed by atoms with E-state index in [0.29, 0.717) is 6.04 Å². The molecule has 0 aromatic heterocycles. The van der Waals surface area contributed by atoms with Crippen molar-refractivity contribution in [3.63, 3.8) is 0 Å². The molecular weight excluding hydrogens is 158 g/mol. The maximum atomic E-state index is 3.64. The summed E-state index contributed by atoms with van der Waals surface area (Å²) in [5.74, 6) is 2.75. The van der Waals surface area contributed by atoms with E-state index in [2.05, 4.69) is 31.3 Å². The molecule has 4 unspecified atom stereocenters. The van der Waals surface area contributed by atoms with Gasteiger partial charge in [0.15, 0.2) is 0 Å². The van der Waals surface area contributed by atoms with Crippen LogP contribution in [0.3, 0.4) is 0 Å². The van der Waals surface area contributed by atoms with Crippen molar-refractivity contribution in [3.8, 4) is 0 Å². The summed E-state index contributed by atoms with van der Waals surface area (Å²) >= 11 is 0. The molecule has 0 aromatic carbocycles. The topological polar surface area (TPSA) is 12.0 Å². The van der Waals surface area contributed by atoms with Crippen molar-refractivity contribution < 1.29 is 0 Å². The second kappa shape index (κ2) is 3.83. The van der Waals surface area contributed by atoms with Crippen LogP contribution in [0, 0.1) is 17.8 Å². The van der Waals surface area contributed by atoms with Crippen LogP contribution in [0.15, 0.2) is 12.2 Å². The van der Waals surface area contributed by atoms with Gasteiger partial charge < -0.3 is 5.32 Å². The molecule has 0 radical (unpaired) electrons. The highest BCUT2D eigenvalue weighted by molar-refractivity contribution is 5.09. The van der Waals surface area contributed by atoms with E-state index in [0.717, 1.165) is 17.8 Å². The minimum absolute atomic E-state index is 0.695. The first-order valence-corrected chi connectivity index (χ1v) is 5.73. The van der Waals surface area contributed by atoms with Gasteiger partial charge in [-0.1, -0.05) is 32.4 Å². The lowest BCUT2D eigenvalue weighted by Gasteiger charge is -2.30. The summed E-state index contributed by atoms with van der Waals surface area (Å²) < 4.78 is 0. The maximum absolute atomic E-state index is 3.64. The van der Waals surface area contributed by atoms with Crippen molar-refractivity contribution in [2.45, 2.75) is 39.2 Å². The van der Waals surface area contributed by atoms with Crippen molar-refractivity contribution in [2.24, 2.45) is 17.8 Å². The lowest BCUT2D eigenvalue weighted by molar-refractivity contribution is 0.255. The van der Waals surface area contributed by atoms with E-state index in [1.807, 2.05) is 0 Å². The minimum Gasteiger partial charge on any atom is -0.310 e. The van der Waals surface area contributed by atoms with Gasteiger partial charge in [0.1, 0.15) is 0 Å². The fourth-order valence-electron chi connectivity index (χ4n) is 3.13. The van der Waals surface area contributed by atoms with Crippen molar-refractivity contribution in [3.05, 3.63) is 12.2 Å². The third-order valence-electron chi connectivity index (χ3n) is 3.74. The molecule has 1 saturated heterocycles. The van der Waals surface area contributed by atoms with Gasteiger partial charge >= 0.3 is 0 Å². The molecule has 1 heteroatoms. The molecule has 1 heterocycles. The Morgan fingerprint density at radius 1 is 1.46 bits per heavy atom. The van der Waals surface area contributed by atoms with Crippen LogP contribution in [-0.4, -0.2) is 12.6 Å². The lowest BCUT2D eigenvalue weighted by atomic mass is 9.75. The van der Waals surface area contributed by atoms with Gasteiger partial charge in [0.25, 0.3) is 0 Å². The maximum Gasteiger partial charge on any atom is 0.0284 e. The summed E-state index contributed by atoms with van der Waals surface area (Å²) in [6.45, 7) is 5.96. The van der Waals surface area contributed by atoms with Crippen LogP contribution in [0.5, 0.6) is 0 Å². The highest BCUT2D eigenvalue weighted by atomic mass is 15.0. The Kier molecular flexibility index (Phi) is 2.73. The van der Waals surface area contributed by atoms with E-state index in [4.69, 9.17) is 0 Å². The molecule has 1 N–H and O–H groups in total. The van der Waals surface area contributed by atoms with Crippen LogP contribution in [0.1, 0.15) is 33.1 Å². The fraction of sp³-hybridized carbons (Fsp3) is 0.833. The minimum atomic E-state index is 0.695. The average Bonchev–Trinajstić information content (AvgIpc) is 2.51. The van der Waals surface area contributed by atoms with Gasteiger partial charge in [-0.15, -0.1) is 0 Å². The Bertz CT molecular complexity index is 197. The summed E-state index contributed by atoms with van der Waals surface area (Å²) in [6.07, 6.45) is 8.79. The third kappa shape index (κ3) is 1.67. The lowest BCUT2D eigenvalue weighted by Crippen LogP contribution is -2.32. The number of allylic oxidation sites excluding steroid dienone is 1. The molecule has 1 aliphatic carbocycles. The molecular formula is C12H21N. The summed E-state index contributed by atoms with van der Waals surface area (Å²) in [5.41, 5.74) is 0. The molecule has 0 amide bonds. The molecule has 1 nitrogen and oxygen atoms in total. The van der Waals surface area contributed by atoms with E-state index in [9.17, 15) is 0 Å². The molecule has 74 valence electrons. The van der Waals surface area contributed by atoms with Gasteiger partial charge in [0, 0.05) is 6.04 Å². The second-order valence-corrected chi connectivity index (χ2v) is 4.70. The monoisotopic (exact) mass is 179 g/mol. The van der Waals surface area contributed by atoms with Gasteiger partial charge in [-0.3, -0.25) is 0 Å². The first-order valence-electron chi connectivity index (χ1n) is 5.73. The Morgan fingerprint density at radius 3 is 3.08 bits per heavy atom. The molecule has 2 rings (SSSR count). The van der Waals surface area contributed by atoms with Crippen molar-refractivity contribution >= 4 is 0 Å². The van der Waals surface area contributed by atoms with Gasteiger partial charge in [0.05, 0.1) is 0 Å². The number of rotatable bonds is 2. The SMILES string of the molecule is CCCC1CNC2C=CCC(C)C12. The highest BCUT2D eigenvalue weighted by Crippen LogP contribution is 2.37. The van der Waals surface area contributed by atoms with E-state index < -0.39 is 0 Å². The van der Waals surface area contributed by atoms with E-state index in [-0.39, 0.29) is 0 Å². The van der Waals surface area contributed by atoms with Gasteiger partial charge in [-0.25, -0.2) is 0 Å². The molecule has 4 atom stereocenters. The Balaban J connectivity index is 2.06. The third-order valence-corrected chi connectivity index (χ3v) is 3.74. The quantitative estimate of drug-likeness (QED) is 0.642. The second-order valence-electron chi connectivity index (χ2n) is 4.70. The molecule has 0 bridgehead atoms. The van der Waals surface area contributed by atoms with Gasteiger partial charge in [-0.2, -0.15) is 0 Å². The summed E-state index contributed by atoms with van der Waals surface area (Å²) in [6, 6.07) is 0.695. The smallest absolute Gasteiger partial charge is 0.0284 e. The first kappa shape index (κ1) is 9.26. The fourth-order valence-corrected chi connectivity index (χ4v) is 3.13. The summed E-state index contributed by atoms with van der Waals surface area (Å²) in [4.78, 5) is 0. The van der Waals surface area contributed by atoms with E-state index in [1.165, 1.54) is 25.8 Å². The zero-order chi connectivity index (χ0) is 9.26. The van der Waals surface area contributed by atoms with Crippen LogP contribution in [0.2, 0.25) is 0 Å². The standard InChI is InChI=1S/C12H21N/c1-3-5-10-8-13-11-7-4-6-9(2)12(10)11/h4,7,9-13H,3,5-6,8H2,1-2H3. The molecule has 1 aliphatic heterocycles. The normalized spacial score (nSPS) is 43.5. The molecule has 0 aromatic rings. The molecule has 2 aliphatic rings.